The molecule has 2 aromatic carbocycles. The molecule has 0 aliphatic rings. The molecule has 0 N–H and O–H groups in total. The molecule has 84 valence electrons. The summed E-state index contributed by atoms with van der Waals surface area (Å²) in [7, 11) is 0. The van der Waals surface area contributed by atoms with E-state index in [0.29, 0.717) is 0 Å². The van der Waals surface area contributed by atoms with Crippen molar-refractivity contribution in [1.29, 1.82) is 0 Å². The largest absolute Gasteiger partial charge is 0.298 e. The standard InChI is InChI=1S/C15H12OS/c1-9-7-11(8-16)10(2)14-12-5-3-4-6-13(12)17-15(9)14/h3-8H,1-2H3. The second-order valence-electron chi connectivity index (χ2n) is 4.33. The molecule has 2 heteroatoms. The highest BCUT2D eigenvalue weighted by Gasteiger charge is 2.12. The topological polar surface area (TPSA) is 17.1 Å². The van der Waals surface area contributed by atoms with Crippen LogP contribution in [0.25, 0.3) is 20.2 Å². The molecule has 1 nitrogen and oxygen atoms in total. The summed E-state index contributed by atoms with van der Waals surface area (Å²) in [5.74, 6) is 0. The molecular weight excluding hydrogens is 228 g/mol. The van der Waals surface area contributed by atoms with Crippen molar-refractivity contribution in [3.8, 4) is 0 Å². The van der Waals surface area contributed by atoms with Crippen molar-refractivity contribution in [2.45, 2.75) is 13.8 Å². The number of rotatable bonds is 1. The average Bonchev–Trinajstić information content (AvgIpc) is 2.73. The highest BCUT2D eigenvalue weighted by Crippen LogP contribution is 2.38. The number of hydrogen-bond acceptors (Lipinski definition) is 2. The van der Waals surface area contributed by atoms with Crippen molar-refractivity contribution in [2.24, 2.45) is 0 Å². The van der Waals surface area contributed by atoms with Crippen molar-refractivity contribution in [3.63, 3.8) is 0 Å². The van der Waals surface area contributed by atoms with E-state index >= 15 is 0 Å². The summed E-state index contributed by atoms with van der Waals surface area (Å²) in [6, 6.07) is 10.4. The molecule has 0 bridgehead atoms. The van der Waals surface area contributed by atoms with Gasteiger partial charge in [-0.25, -0.2) is 0 Å². The van der Waals surface area contributed by atoms with Crippen molar-refractivity contribution in [3.05, 3.63) is 47.0 Å². The molecule has 0 saturated carbocycles. The van der Waals surface area contributed by atoms with Gasteiger partial charge in [0.05, 0.1) is 0 Å². The number of hydrogen-bond donors (Lipinski definition) is 0. The second kappa shape index (κ2) is 3.67. The Morgan fingerprint density at radius 3 is 2.71 bits per heavy atom. The third-order valence-corrected chi connectivity index (χ3v) is 4.57. The number of benzene rings is 2. The molecule has 0 aliphatic heterocycles. The first kappa shape index (κ1) is 10.5. The molecule has 3 rings (SSSR count). The van der Waals surface area contributed by atoms with Gasteiger partial charge < -0.3 is 0 Å². The zero-order chi connectivity index (χ0) is 12.0. The Kier molecular flexibility index (Phi) is 2.26. The number of aldehydes is 1. The minimum atomic E-state index is 0.804. The summed E-state index contributed by atoms with van der Waals surface area (Å²) in [5, 5.41) is 2.50. The Labute approximate surface area is 104 Å². The zero-order valence-electron chi connectivity index (χ0n) is 9.78. The molecule has 1 heterocycles. The van der Waals surface area contributed by atoms with Crippen LogP contribution >= 0.6 is 11.3 Å². The van der Waals surface area contributed by atoms with E-state index in [-0.39, 0.29) is 0 Å². The van der Waals surface area contributed by atoms with Gasteiger partial charge in [0.25, 0.3) is 0 Å². The van der Waals surface area contributed by atoms with E-state index in [1.807, 2.05) is 13.0 Å². The maximum absolute atomic E-state index is 11.1. The minimum absolute atomic E-state index is 0.804. The van der Waals surface area contributed by atoms with Crippen LogP contribution in [0.2, 0.25) is 0 Å². The predicted octanol–water partition coefficient (Wildman–Crippen LogP) is 4.48. The Balaban J connectivity index is 2.62. The molecular formula is C15H12OS. The third kappa shape index (κ3) is 1.41. The van der Waals surface area contributed by atoms with Crippen LogP contribution in [0.3, 0.4) is 0 Å². The first-order valence-corrected chi connectivity index (χ1v) is 6.40. The number of aryl methyl sites for hydroxylation is 2. The number of carbonyl (C=O) groups excluding carboxylic acids is 1. The summed E-state index contributed by atoms with van der Waals surface area (Å²) < 4.78 is 2.59. The van der Waals surface area contributed by atoms with Gasteiger partial charge >= 0.3 is 0 Å². The summed E-state index contributed by atoms with van der Waals surface area (Å²) in [6.07, 6.45) is 0.953. The first-order valence-electron chi connectivity index (χ1n) is 5.59. The monoisotopic (exact) mass is 240 g/mol. The Bertz CT molecular complexity index is 737. The average molecular weight is 240 g/mol. The molecule has 0 atom stereocenters. The molecule has 0 fully saturated rings. The first-order chi connectivity index (χ1) is 8.22. The van der Waals surface area contributed by atoms with Crippen LogP contribution < -0.4 is 0 Å². The lowest BCUT2D eigenvalue weighted by Crippen LogP contribution is -1.88. The zero-order valence-corrected chi connectivity index (χ0v) is 10.6. The normalized spacial score (nSPS) is 11.2. The SMILES string of the molecule is Cc1cc(C=O)c(C)c2c1sc1ccccc12. The molecule has 1 aromatic heterocycles. The van der Waals surface area contributed by atoms with E-state index in [1.165, 1.54) is 25.7 Å². The van der Waals surface area contributed by atoms with Crippen molar-refractivity contribution < 1.29 is 4.79 Å². The van der Waals surface area contributed by atoms with Crippen LogP contribution in [0.5, 0.6) is 0 Å². The molecule has 17 heavy (non-hydrogen) atoms. The lowest BCUT2D eigenvalue weighted by atomic mass is 10.00. The summed E-state index contributed by atoms with van der Waals surface area (Å²) in [4.78, 5) is 11.1. The van der Waals surface area contributed by atoms with E-state index in [2.05, 4.69) is 31.2 Å². The lowest BCUT2D eigenvalue weighted by molar-refractivity contribution is 0.112. The maximum atomic E-state index is 11.1. The molecule has 0 saturated heterocycles. The highest BCUT2D eigenvalue weighted by atomic mass is 32.1. The van der Waals surface area contributed by atoms with E-state index in [4.69, 9.17) is 0 Å². The Morgan fingerprint density at radius 1 is 1.18 bits per heavy atom. The third-order valence-electron chi connectivity index (χ3n) is 3.26. The number of fused-ring (bicyclic) bond motifs is 3. The van der Waals surface area contributed by atoms with E-state index in [9.17, 15) is 4.79 Å². The van der Waals surface area contributed by atoms with Crippen molar-refractivity contribution in [2.75, 3.05) is 0 Å². The second-order valence-corrected chi connectivity index (χ2v) is 5.38. The van der Waals surface area contributed by atoms with Gasteiger partial charge in [-0.1, -0.05) is 18.2 Å². The van der Waals surface area contributed by atoms with Crippen LogP contribution in [0.1, 0.15) is 21.5 Å². The smallest absolute Gasteiger partial charge is 0.150 e. The maximum Gasteiger partial charge on any atom is 0.150 e. The van der Waals surface area contributed by atoms with E-state index in [0.717, 1.165) is 17.4 Å². The molecule has 0 radical (unpaired) electrons. The molecule has 3 aromatic rings. The lowest BCUT2D eigenvalue weighted by Gasteiger charge is -2.04. The van der Waals surface area contributed by atoms with Gasteiger partial charge in [0, 0.05) is 25.7 Å². The summed E-state index contributed by atoms with van der Waals surface area (Å²) >= 11 is 1.81. The van der Waals surface area contributed by atoms with Gasteiger partial charge in [0.15, 0.2) is 0 Å². The minimum Gasteiger partial charge on any atom is -0.298 e. The van der Waals surface area contributed by atoms with Gasteiger partial charge in [0.2, 0.25) is 0 Å². The fourth-order valence-electron chi connectivity index (χ4n) is 2.37. The number of carbonyl (C=O) groups is 1. The van der Waals surface area contributed by atoms with Crippen molar-refractivity contribution >= 4 is 37.8 Å². The van der Waals surface area contributed by atoms with Crippen LogP contribution in [0.15, 0.2) is 30.3 Å². The fraction of sp³-hybridized carbons (Fsp3) is 0.133. The van der Waals surface area contributed by atoms with Crippen molar-refractivity contribution in [1.82, 2.24) is 0 Å². The fourth-order valence-corrected chi connectivity index (χ4v) is 3.60. The molecule has 0 aliphatic carbocycles. The van der Waals surface area contributed by atoms with Gasteiger partial charge in [-0.3, -0.25) is 4.79 Å². The van der Waals surface area contributed by atoms with Crippen LogP contribution in [-0.4, -0.2) is 6.29 Å². The van der Waals surface area contributed by atoms with Crippen LogP contribution in [0, 0.1) is 13.8 Å². The highest BCUT2D eigenvalue weighted by molar-refractivity contribution is 7.26. The van der Waals surface area contributed by atoms with Gasteiger partial charge in [-0.15, -0.1) is 11.3 Å². The van der Waals surface area contributed by atoms with E-state index < -0.39 is 0 Å². The Morgan fingerprint density at radius 2 is 1.94 bits per heavy atom. The predicted molar refractivity (Wildman–Crippen MR) is 74.2 cm³/mol. The van der Waals surface area contributed by atoms with Gasteiger partial charge in [-0.2, -0.15) is 0 Å². The summed E-state index contributed by atoms with van der Waals surface area (Å²) in [6.45, 7) is 4.11. The van der Waals surface area contributed by atoms with Crippen LogP contribution in [-0.2, 0) is 0 Å². The van der Waals surface area contributed by atoms with Gasteiger partial charge in [0.1, 0.15) is 6.29 Å². The molecule has 0 unspecified atom stereocenters. The molecule has 0 amide bonds. The van der Waals surface area contributed by atoms with Crippen LogP contribution in [0.4, 0.5) is 0 Å². The quantitative estimate of drug-likeness (QED) is 0.573. The summed E-state index contributed by atoms with van der Waals surface area (Å²) in [5.41, 5.74) is 3.09. The van der Waals surface area contributed by atoms with E-state index in [1.54, 1.807) is 11.3 Å². The molecule has 0 spiro atoms. The Hall–Kier alpha value is -1.67. The van der Waals surface area contributed by atoms with Gasteiger partial charge in [-0.05, 0) is 37.1 Å². The number of thiophene rings is 1.